The fourth-order valence-corrected chi connectivity index (χ4v) is 1.99. The standard InChI is InChI=1S/C15H23NO2/c1-4-11(2)13-7-5-12(6-8-13)9-14(16-3)10-15(17)18/h5-8,11,14,16H,4,9-10H2,1-3H3,(H,17,18). The van der Waals surface area contributed by atoms with Gasteiger partial charge in [-0.05, 0) is 36.9 Å². The minimum atomic E-state index is -0.759. The van der Waals surface area contributed by atoms with Crippen molar-refractivity contribution in [3.8, 4) is 0 Å². The number of rotatable bonds is 7. The third-order valence-electron chi connectivity index (χ3n) is 3.47. The summed E-state index contributed by atoms with van der Waals surface area (Å²) >= 11 is 0. The minimum Gasteiger partial charge on any atom is -0.481 e. The largest absolute Gasteiger partial charge is 0.481 e. The van der Waals surface area contributed by atoms with Crippen LogP contribution in [0.4, 0.5) is 0 Å². The fourth-order valence-electron chi connectivity index (χ4n) is 1.99. The molecule has 1 aromatic rings. The van der Waals surface area contributed by atoms with E-state index in [0.717, 1.165) is 12.8 Å². The molecule has 2 atom stereocenters. The van der Waals surface area contributed by atoms with Crippen molar-refractivity contribution < 1.29 is 9.90 Å². The Labute approximate surface area is 109 Å². The molecule has 0 aliphatic heterocycles. The van der Waals surface area contributed by atoms with Gasteiger partial charge in [0.05, 0.1) is 6.42 Å². The number of aliphatic carboxylic acids is 1. The molecule has 0 bridgehead atoms. The lowest BCUT2D eigenvalue weighted by molar-refractivity contribution is -0.137. The molecule has 100 valence electrons. The van der Waals surface area contributed by atoms with Crippen LogP contribution in [0.1, 0.15) is 43.7 Å². The fraction of sp³-hybridized carbons (Fsp3) is 0.533. The van der Waals surface area contributed by atoms with Crippen molar-refractivity contribution in [3.05, 3.63) is 35.4 Å². The van der Waals surface area contributed by atoms with E-state index in [1.807, 2.05) is 0 Å². The summed E-state index contributed by atoms with van der Waals surface area (Å²) in [5.74, 6) is -0.177. The maximum Gasteiger partial charge on any atom is 0.304 e. The maximum atomic E-state index is 10.7. The highest BCUT2D eigenvalue weighted by Crippen LogP contribution is 2.19. The first-order valence-corrected chi connectivity index (χ1v) is 6.54. The van der Waals surface area contributed by atoms with Crippen molar-refractivity contribution in [2.45, 2.75) is 45.1 Å². The van der Waals surface area contributed by atoms with Crippen LogP contribution < -0.4 is 5.32 Å². The maximum absolute atomic E-state index is 10.7. The summed E-state index contributed by atoms with van der Waals surface area (Å²) in [7, 11) is 1.81. The second kappa shape index (κ2) is 7.17. The van der Waals surface area contributed by atoms with Gasteiger partial charge in [0.25, 0.3) is 0 Å². The summed E-state index contributed by atoms with van der Waals surface area (Å²) in [5, 5.41) is 11.9. The van der Waals surface area contributed by atoms with Crippen molar-refractivity contribution >= 4 is 5.97 Å². The highest BCUT2D eigenvalue weighted by molar-refractivity contribution is 5.67. The lowest BCUT2D eigenvalue weighted by atomic mass is 9.95. The van der Waals surface area contributed by atoms with E-state index in [2.05, 4.69) is 43.4 Å². The first-order chi connectivity index (χ1) is 8.56. The topological polar surface area (TPSA) is 49.3 Å². The number of benzene rings is 1. The molecule has 3 nitrogen and oxygen atoms in total. The third kappa shape index (κ3) is 4.49. The molecule has 18 heavy (non-hydrogen) atoms. The van der Waals surface area contributed by atoms with Crippen LogP contribution in [0.3, 0.4) is 0 Å². The summed E-state index contributed by atoms with van der Waals surface area (Å²) in [6.07, 6.45) is 2.05. The quantitative estimate of drug-likeness (QED) is 0.781. The average molecular weight is 249 g/mol. The molecule has 0 spiro atoms. The highest BCUT2D eigenvalue weighted by atomic mass is 16.4. The van der Waals surface area contributed by atoms with Crippen LogP contribution >= 0.6 is 0 Å². The smallest absolute Gasteiger partial charge is 0.304 e. The van der Waals surface area contributed by atoms with Crippen molar-refractivity contribution in [3.63, 3.8) is 0 Å². The minimum absolute atomic E-state index is 0.00283. The molecule has 0 heterocycles. The summed E-state index contributed by atoms with van der Waals surface area (Å²) in [5.41, 5.74) is 2.53. The zero-order chi connectivity index (χ0) is 13.5. The zero-order valence-electron chi connectivity index (χ0n) is 11.4. The monoisotopic (exact) mass is 249 g/mol. The predicted octanol–water partition coefficient (Wildman–Crippen LogP) is 2.81. The molecule has 0 saturated carbocycles. The molecule has 0 aromatic heterocycles. The predicted molar refractivity (Wildman–Crippen MR) is 74.0 cm³/mol. The Hall–Kier alpha value is -1.35. The number of likely N-dealkylation sites (N-methyl/N-ethyl adjacent to an activating group) is 1. The molecule has 2 N–H and O–H groups in total. The van der Waals surface area contributed by atoms with Gasteiger partial charge < -0.3 is 10.4 Å². The number of hydrogen-bond acceptors (Lipinski definition) is 2. The summed E-state index contributed by atoms with van der Waals surface area (Å²) in [6.45, 7) is 4.40. The SMILES string of the molecule is CCC(C)c1ccc(CC(CC(=O)O)NC)cc1. The number of hydrogen-bond donors (Lipinski definition) is 2. The van der Waals surface area contributed by atoms with Crippen LogP contribution in [0.25, 0.3) is 0 Å². The summed E-state index contributed by atoms with van der Waals surface area (Å²) < 4.78 is 0. The van der Waals surface area contributed by atoms with Crippen LogP contribution in [0.2, 0.25) is 0 Å². The van der Waals surface area contributed by atoms with Gasteiger partial charge in [0.1, 0.15) is 0 Å². The highest BCUT2D eigenvalue weighted by Gasteiger charge is 2.11. The lowest BCUT2D eigenvalue weighted by Gasteiger charge is -2.15. The van der Waals surface area contributed by atoms with E-state index in [1.165, 1.54) is 11.1 Å². The van der Waals surface area contributed by atoms with Gasteiger partial charge >= 0.3 is 5.97 Å². The Balaban J connectivity index is 2.64. The van der Waals surface area contributed by atoms with Crippen LogP contribution in [0.15, 0.2) is 24.3 Å². The van der Waals surface area contributed by atoms with E-state index in [-0.39, 0.29) is 12.5 Å². The number of carbonyl (C=O) groups is 1. The molecule has 0 amide bonds. The first-order valence-electron chi connectivity index (χ1n) is 6.54. The van der Waals surface area contributed by atoms with E-state index in [9.17, 15) is 4.79 Å². The second-order valence-corrected chi connectivity index (χ2v) is 4.84. The molecule has 0 radical (unpaired) electrons. The Morgan fingerprint density at radius 1 is 1.33 bits per heavy atom. The second-order valence-electron chi connectivity index (χ2n) is 4.84. The molecular weight excluding hydrogens is 226 g/mol. The molecule has 1 aromatic carbocycles. The number of nitrogens with one attached hydrogen (secondary N) is 1. The number of carboxylic acid groups (broad SMARTS) is 1. The van der Waals surface area contributed by atoms with E-state index in [1.54, 1.807) is 7.05 Å². The van der Waals surface area contributed by atoms with Gasteiger partial charge in [-0.25, -0.2) is 0 Å². The van der Waals surface area contributed by atoms with Gasteiger partial charge in [0, 0.05) is 6.04 Å². The van der Waals surface area contributed by atoms with Crippen molar-refractivity contribution in [1.82, 2.24) is 5.32 Å². The molecule has 0 fully saturated rings. The molecule has 0 aliphatic rings. The van der Waals surface area contributed by atoms with E-state index in [4.69, 9.17) is 5.11 Å². The van der Waals surface area contributed by atoms with Crippen LogP contribution in [0, 0.1) is 0 Å². The van der Waals surface area contributed by atoms with E-state index in [0.29, 0.717) is 5.92 Å². The van der Waals surface area contributed by atoms with Gasteiger partial charge in [0.15, 0.2) is 0 Å². The van der Waals surface area contributed by atoms with Gasteiger partial charge in [-0.15, -0.1) is 0 Å². The first kappa shape index (κ1) is 14.7. The molecular formula is C15H23NO2. The molecule has 1 rings (SSSR count). The third-order valence-corrected chi connectivity index (χ3v) is 3.47. The van der Waals surface area contributed by atoms with Crippen LogP contribution in [-0.2, 0) is 11.2 Å². The van der Waals surface area contributed by atoms with Gasteiger partial charge in [-0.3, -0.25) is 4.79 Å². The Kier molecular flexibility index (Phi) is 5.86. The van der Waals surface area contributed by atoms with Crippen LogP contribution in [0.5, 0.6) is 0 Å². The van der Waals surface area contributed by atoms with Gasteiger partial charge in [-0.2, -0.15) is 0 Å². The molecule has 0 saturated heterocycles. The van der Waals surface area contributed by atoms with Crippen molar-refractivity contribution in [2.75, 3.05) is 7.05 Å². The normalized spacial score (nSPS) is 14.2. The molecule has 0 aliphatic carbocycles. The van der Waals surface area contributed by atoms with E-state index >= 15 is 0 Å². The average Bonchev–Trinajstić information content (AvgIpc) is 2.37. The Bertz CT molecular complexity index is 373. The summed E-state index contributed by atoms with van der Waals surface area (Å²) in [6, 6.07) is 8.51. The number of carboxylic acids is 1. The van der Waals surface area contributed by atoms with Crippen LogP contribution in [-0.4, -0.2) is 24.2 Å². The lowest BCUT2D eigenvalue weighted by Crippen LogP contribution is -2.30. The Morgan fingerprint density at radius 2 is 1.94 bits per heavy atom. The zero-order valence-corrected chi connectivity index (χ0v) is 11.4. The van der Waals surface area contributed by atoms with E-state index < -0.39 is 5.97 Å². The Morgan fingerprint density at radius 3 is 2.39 bits per heavy atom. The summed E-state index contributed by atoms with van der Waals surface area (Å²) in [4.78, 5) is 10.7. The molecule has 2 unspecified atom stereocenters. The van der Waals surface area contributed by atoms with Crippen molar-refractivity contribution in [2.24, 2.45) is 0 Å². The molecule has 3 heteroatoms. The van der Waals surface area contributed by atoms with Gasteiger partial charge in [0.2, 0.25) is 0 Å². The van der Waals surface area contributed by atoms with Crippen molar-refractivity contribution in [1.29, 1.82) is 0 Å². The van der Waals surface area contributed by atoms with Gasteiger partial charge in [-0.1, -0.05) is 38.1 Å².